The van der Waals surface area contributed by atoms with E-state index >= 15 is 0 Å². The summed E-state index contributed by atoms with van der Waals surface area (Å²) in [5.74, 6) is -0.797. The van der Waals surface area contributed by atoms with Crippen LogP contribution in [0.1, 0.15) is 28.9 Å². The van der Waals surface area contributed by atoms with Crippen molar-refractivity contribution >= 4 is 5.91 Å². The summed E-state index contributed by atoms with van der Waals surface area (Å²) in [4.78, 5) is 13.8. The smallest absolute Gasteiger partial charge is 0.257 e. The summed E-state index contributed by atoms with van der Waals surface area (Å²) in [6.07, 6.45) is 0. The van der Waals surface area contributed by atoms with Crippen LogP contribution in [0.2, 0.25) is 0 Å². The number of carbonyl (C=O) groups excluding carboxylic acids is 1. The quantitative estimate of drug-likeness (QED) is 0.821. The van der Waals surface area contributed by atoms with Gasteiger partial charge >= 0.3 is 0 Å². The minimum atomic E-state index is -0.486. The minimum absolute atomic E-state index is 0.103. The molecule has 0 radical (unpaired) electrons. The van der Waals surface area contributed by atoms with Crippen molar-refractivity contribution in [1.29, 1.82) is 0 Å². The number of hydrogen-bond acceptors (Lipinski definition) is 1. The Kier molecular flexibility index (Phi) is 3.95. The van der Waals surface area contributed by atoms with Gasteiger partial charge in [0.15, 0.2) is 0 Å². The molecule has 0 saturated heterocycles. The number of rotatable bonds is 3. The van der Waals surface area contributed by atoms with E-state index in [9.17, 15) is 9.18 Å². The molecule has 2 nitrogen and oxygen atoms in total. The molecule has 0 fully saturated rings. The first-order chi connectivity index (χ1) is 9.11. The molecule has 0 saturated carbocycles. The molecule has 0 aromatic heterocycles. The Labute approximate surface area is 112 Å². The van der Waals surface area contributed by atoms with E-state index in [1.807, 2.05) is 37.3 Å². The van der Waals surface area contributed by atoms with Crippen molar-refractivity contribution in [3.05, 3.63) is 71.5 Å². The van der Waals surface area contributed by atoms with Crippen LogP contribution in [0.25, 0.3) is 0 Å². The van der Waals surface area contributed by atoms with Gasteiger partial charge in [0.1, 0.15) is 5.82 Å². The first-order valence-corrected chi connectivity index (χ1v) is 6.18. The Balaban J connectivity index is 2.23. The molecule has 0 aliphatic carbocycles. The second-order valence-electron chi connectivity index (χ2n) is 4.48. The highest BCUT2D eigenvalue weighted by Gasteiger charge is 2.20. The number of amides is 1. The van der Waals surface area contributed by atoms with Gasteiger partial charge in [0.05, 0.1) is 11.6 Å². The van der Waals surface area contributed by atoms with Gasteiger partial charge in [-0.2, -0.15) is 0 Å². The molecule has 0 heterocycles. The average Bonchev–Trinajstić information content (AvgIpc) is 2.46. The van der Waals surface area contributed by atoms with Crippen LogP contribution in [0.5, 0.6) is 0 Å². The lowest BCUT2D eigenvalue weighted by molar-refractivity contribution is 0.0738. The Bertz CT molecular complexity index is 568. The zero-order chi connectivity index (χ0) is 13.8. The standard InChI is InChI=1S/C16H16FNO/c1-12(13-8-4-3-5-9-13)18(2)16(19)14-10-6-7-11-15(14)17/h3-12H,1-2H3. The molecule has 0 spiro atoms. The topological polar surface area (TPSA) is 20.3 Å². The van der Waals surface area contributed by atoms with Gasteiger partial charge in [0.25, 0.3) is 5.91 Å². The first kappa shape index (κ1) is 13.3. The Morgan fingerprint density at radius 2 is 1.63 bits per heavy atom. The van der Waals surface area contributed by atoms with Gasteiger partial charge in [-0.15, -0.1) is 0 Å². The molecule has 3 heteroatoms. The SMILES string of the molecule is CC(c1ccccc1)N(C)C(=O)c1ccccc1F. The lowest BCUT2D eigenvalue weighted by atomic mass is 10.1. The maximum atomic E-state index is 13.6. The molecule has 2 rings (SSSR count). The zero-order valence-electron chi connectivity index (χ0n) is 11.0. The van der Waals surface area contributed by atoms with E-state index < -0.39 is 5.82 Å². The van der Waals surface area contributed by atoms with Crippen LogP contribution in [0.3, 0.4) is 0 Å². The van der Waals surface area contributed by atoms with Crippen molar-refractivity contribution in [1.82, 2.24) is 4.90 Å². The first-order valence-electron chi connectivity index (χ1n) is 6.18. The number of halogens is 1. The molecule has 2 aromatic carbocycles. The van der Waals surface area contributed by atoms with E-state index in [-0.39, 0.29) is 17.5 Å². The molecule has 1 unspecified atom stereocenters. The molecule has 2 aromatic rings. The summed E-state index contributed by atoms with van der Waals surface area (Å²) in [7, 11) is 1.69. The third-order valence-corrected chi connectivity index (χ3v) is 3.29. The molecule has 0 aliphatic heterocycles. The van der Waals surface area contributed by atoms with Crippen LogP contribution in [0, 0.1) is 5.82 Å². The summed E-state index contributed by atoms with van der Waals surface area (Å²) >= 11 is 0. The number of hydrogen-bond donors (Lipinski definition) is 0. The maximum Gasteiger partial charge on any atom is 0.257 e. The second-order valence-corrected chi connectivity index (χ2v) is 4.48. The van der Waals surface area contributed by atoms with Crippen LogP contribution in [0.15, 0.2) is 54.6 Å². The van der Waals surface area contributed by atoms with Crippen LogP contribution < -0.4 is 0 Å². The van der Waals surface area contributed by atoms with E-state index in [4.69, 9.17) is 0 Å². The van der Waals surface area contributed by atoms with Crippen molar-refractivity contribution in [2.24, 2.45) is 0 Å². The lowest BCUT2D eigenvalue weighted by Gasteiger charge is -2.25. The third kappa shape index (κ3) is 2.81. The Hall–Kier alpha value is -2.16. The summed E-state index contributed by atoms with van der Waals surface area (Å²) in [5, 5.41) is 0. The Morgan fingerprint density at radius 1 is 1.05 bits per heavy atom. The molecule has 0 N–H and O–H groups in total. The predicted molar refractivity (Wildman–Crippen MR) is 73.4 cm³/mol. The monoisotopic (exact) mass is 257 g/mol. The van der Waals surface area contributed by atoms with Crippen molar-refractivity contribution in [2.75, 3.05) is 7.05 Å². The number of carbonyl (C=O) groups is 1. The van der Waals surface area contributed by atoms with Crippen LogP contribution >= 0.6 is 0 Å². The summed E-state index contributed by atoms with van der Waals surface area (Å²) < 4.78 is 13.6. The van der Waals surface area contributed by atoms with Crippen molar-refractivity contribution in [2.45, 2.75) is 13.0 Å². The molecule has 0 bridgehead atoms. The van der Waals surface area contributed by atoms with Gasteiger partial charge < -0.3 is 4.90 Å². The normalized spacial score (nSPS) is 11.9. The highest BCUT2D eigenvalue weighted by Crippen LogP contribution is 2.21. The molecular formula is C16H16FNO. The largest absolute Gasteiger partial charge is 0.335 e. The van der Waals surface area contributed by atoms with Gasteiger partial charge in [-0.1, -0.05) is 42.5 Å². The molecule has 1 atom stereocenters. The predicted octanol–water partition coefficient (Wildman–Crippen LogP) is 3.66. The van der Waals surface area contributed by atoms with Crippen LogP contribution in [-0.2, 0) is 0 Å². The van der Waals surface area contributed by atoms with E-state index in [1.54, 1.807) is 24.1 Å². The highest BCUT2D eigenvalue weighted by molar-refractivity contribution is 5.94. The van der Waals surface area contributed by atoms with E-state index in [1.165, 1.54) is 12.1 Å². The second kappa shape index (κ2) is 5.65. The van der Waals surface area contributed by atoms with Gasteiger partial charge in [-0.25, -0.2) is 4.39 Å². The fraction of sp³-hybridized carbons (Fsp3) is 0.188. The molecule has 19 heavy (non-hydrogen) atoms. The van der Waals surface area contributed by atoms with Gasteiger partial charge in [-0.05, 0) is 24.6 Å². The van der Waals surface area contributed by atoms with Crippen molar-refractivity contribution in [3.8, 4) is 0 Å². The van der Waals surface area contributed by atoms with Crippen LogP contribution in [-0.4, -0.2) is 17.9 Å². The zero-order valence-corrected chi connectivity index (χ0v) is 11.0. The fourth-order valence-corrected chi connectivity index (χ4v) is 1.96. The van der Waals surface area contributed by atoms with E-state index in [0.717, 1.165) is 5.56 Å². The van der Waals surface area contributed by atoms with E-state index in [0.29, 0.717) is 0 Å². The summed E-state index contributed by atoms with van der Waals surface area (Å²) in [6.45, 7) is 1.92. The van der Waals surface area contributed by atoms with Crippen molar-refractivity contribution < 1.29 is 9.18 Å². The summed E-state index contributed by atoms with van der Waals surface area (Å²) in [6, 6.07) is 15.6. The Morgan fingerprint density at radius 3 is 2.26 bits per heavy atom. The molecule has 1 amide bonds. The maximum absolute atomic E-state index is 13.6. The summed E-state index contributed by atoms with van der Waals surface area (Å²) in [5.41, 5.74) is 1.13. The fourth-order valence-electron chi connectivity index (χ4n) is 1.96. The van der Waals surface area contributed by atoms with Crippen LogP contribution in [0.4, 0.5) is 4.39 Å². The third-order valence-electron chi connectivity index (χ3n) is 3.29. The molecule has 98 valence electrons. The van der Waals surface area contributed by atoms with Gasteiger partial charge in [0, 0.05) is 7.05 Å². The average molecular weight is 257 g/mol. The number of benzene rings is 2. The number of nitrogens with zero attached hydrogens (tertiary/aromatic N) is 1. The van der Waals surface area contributed by atoms with E-state index in [2.05, 4.69) is 0 Å². The minimum Gasteiger partial charge on any atom is -0.335 e. The van der Waals surface area contributed by atoms with Gasteiger partial charge in [-0.3, -0.25) is 4.79 Å². The lowest BCUT2D eigenvalue weighted by Crippen LogP contribution is -2.30. The van der Waals surface area contributed by atoms with Crippen molar-refractivity contribution in [3.63, 3.8) is 0 Å². The highest BCUT2D eigenvalue weighted by atomic mass is 19.1. The molecule has 0 aliphatic rings. The molecular weight excluding hydrogens is 241 g/mol. The van der Waals surface area contributed by atoms with Gasteiger partial charge in [0.2, 0.25) is 0 Å².